The molecule has 0 aromatic carbocycles. The van der Waals surface area contributed by atoms with Crippen molar-refractivity contribution in [1.29, 1.82) is 0 Å². The molecule has 1 heterocycles. The van der Waals surface area contributed by atoms with E-state index in [1.165, 1.54) is 11.1 Å². The standard InChI is InChI=1S/C19H30O4.C3H4.C2H6/c1-5-9-15(3)17(10-7-8-11-19(20)21-6-2)12-16(4)22-13-18-14-23-18;1-3-2;1-2/h5,7,9-10,16,18H,6,8,11-14H2,1-4H3;1H,2H3;1-2H3/b9-5-,10-7+,17-15-;;. The molecule has 0 aliphatic carbocycles. The van der Waals surface area contributed by atoms with Gasteiger partial charge in [0.2, 0.25) is 0 Å². The average molecular weight is 393 g/mol. The lowest BCUT2D eigenvalue weighted by atomic mass is 10.0. The van der Waals surface area contributed by atoms with E-state index in [4.69, 9.17) is 14.2 Å². The molecule has 0 bridgehead atoms. The summed E-state index contributed by atoms with van der Waals surface area (Å²) in [6.07, 6.45) is 15.3. The number of hydrogen-bond donors (Lipinski definition) is 0. The van der Waals surface area contributed by atoms with Gasteiger partial charge in [-0.25, -0.2) is 0 Å². The van der Waals surface area contributed by atoms with Gasteiger partial charge in [-0.1, -0.05) is 38.2 Å². The summed E-state index contributed by atoms with van der Waals surface area (Å²) in [5.74, 6) is 2.11. The summed E-state index contributed by atoms with van der Waals surface area (Å²) in [7, 11) is 0. The molecule has 0 N–H and O–H groups in total. The van der Waals surface area contributed by atoms with Gasteiger partial charge in [-0.15, -0.1) is 12.3 Å². The number of epoxide rings is 1. The Morgan fingerprint density at radius 2 is 1.96 bits per heavy atom. The van der Waals surface area contributed by atoms with Crippen molar-refractivity contribution in [3.63, 3.8) is 0 Å². The lowest BCUT2D eigenvalue weighted by Gasteiger charge is -2.14. The highest BCUT2D eigenvalue weighted by Gasteiger charge is 2.23. The molecule has 160 valence electrons. The van der Waals surface area contributed by atoms with E-state index in [9.17, 15) is 4.79 Å². The summed E-state index contributed by atoms with van der Waals surface area (Å²) in [4.78, 5) is 11.3. The minimum absolute atomic E-state index is 0.143. The maximum absolute atomic E-state index is 11.3. The van der Waals surface area contributed by atoms with Crippen LogP contribution in [0, 0.1) is 12.3 Å². The Labute approximate surface area is 173 Å². The van der Waals surface area contributed by atoms with E-state index < -0.39 is 0 Å². The van der Waals surface area contributed by atoms with Crippen LogP contribution in [0.5, 0.6) is 0 Å². The van der Waals surface area contributed by atoms with Crippen molar-refractivity contribution in [2.45, 2.75) is 79.9 Å². The van der Waals surface area contributed by atoms with Crippen molar-refractivity contribution in [2.24, 2.45) is 0 Å². The monoisotopic (exact) mass is 392 g/mol. The van der Waals surface area contributed by atoms with Gasteiger partial charge in [0, 0.05) is 6.42 Å². The minimum atomic E-state index is -0.144. The highest BCUT2D eigenvalue weighted by molar-refractivity contribution is 5.69. The maximum Gasteiger partial charge on any atom is 0.306 e. The van der Waals surface area contributed by atoms with E-state index in [-0.39, 0.29) is 12.1 Å². The molecular weight excluding hydrogens is 352 g/mol. The SMILES string of the molecule is C#CC.CC.C\C=C/C(C)=C(/C=C/CCC(=O)OCC)CC(C)OCC1CO1. The molecular formula is C24H40O4. The Kier molecular flexibility index (Phi) is 20.2. The van der Waals surface area contributed by atoms with Crippen molar-refractivity contribution in [3.8, 4) is 12.3 Å². The van der Waals surface area contributed by atoms with Crippen molar-refractivity contribution in [2.75, 3.05) is 19.8 Å². The number of hydrogen-bond acceptors (Lipinski definition) is 4. The highest BCUT2D eigenvalue weighted by Crippen LogP contribution is 2.18. The Balaban J connectivity index is 0. The summed E-state index contributed by atoms with van der Waals surface area (Å²) >= 11 is 0. The fourth-order valence-corrected chi connectivity index (χ4v) is 2.18. The van der Waals surface area contributed by atoms with Crippen LogP contribution < -0.4 is 0 Å². The topological polar surface area (TPSA) is 48.1 Å². The minimum Gasteiger partial charge on any atom is -0.466 e. The van der Waals surface area contributed by atoms with Crippen LogP contribution in [-0.4, -0.2) is 38.0 Å². The quantitative estimate of drug-likeness (QED) is 0.198. The third-order valence-corrected chi connectivity index (χ3v) is 3.54. The van der Waals surface area contributed by atoms with Gasteiger partial charge in [0.25, 0.3) is 0 Å². The molecule has 4 nitrogen and oxygen atoms in total. The fraction of sp³-hybridized carbons (Fsp3) is 0.625. The summed E-state index contributed by atoms with van der Waals surface area (Å²) < 4.78 is 15.9. The third-order valence-electron chi connectivity index (χ3n) is 3.54. The molecule has 0 spiro atoms. The molecule has 1 aliphatic heterocycles. The van der Waals surface area contributed by atoms with Crippen LogP contribution in [0.15, 0.2) is 35.5 Å². The van der Waals surface area contributed by atoms with Crippen LogP contribution >= 0.6 is 0 Å². The number of carbonyl (C=O) groups is 1. The fourth-order valence-electron chi connectivity index (χ4n) is 2.18. The smallest absolute Gasteiger partial charge is 0.306 e. The first-order valence-electron chi connectivity index (χ1n) is 10.2. The van der Waals surface area contributed by atoms with Crippen LogP contribution in [0.3, 0.4) is 0 Å². The number of rotatable bonds is 11. The van der Waals surface area contributed by atoms with Crippen molar-refractivity contribution in [1.82, 2.24) is 0 Å². The Morgan fingerprint density at radius 3 is 2.46 bits per heavy atom. The molecule has 0 radical (unpaired) electrons. The molecule has 1 fully saturated rings. The van der Waals surface area contributed by atoms with E-state index in [0.29, 0.717) is 32.2 Å². The van der Waals surface area contributed by atoms with E-state index in [1.54, 1.807) is 6.92 Å². The van der Waals surface area contributed by atoms with Crippen LogP contribution in [0.1, 0.15) is 67.7 Å². The molecule has 0 aromatic heterocycles. The Morgan fingerprint density at radius 1 is 1.36 bits per heavy atom. The first-order chi connectivity index (χ1) is 13.5. The van der Waals surface area contributed by atoms with Crippen molar-refractivity contribution >= 4 is 5.97 Å². The zero-order chi connectivity index (χ0) is 21.8. The lowest BCUT2D eigenvalue weighted by molar-refractivity contribution is -0.143. The van der Waals surface area contributed by atoms with E-state index in [1.807, 2.05) is 39.8 Å². The van der Waals surface area contributed by atoms with Crippen LogP contribution in [0.4, 0.5) is 0 Å². The van der Waals surface area contributed by atoms with Crippen LogP contribution in [0.25, 0.3) is 0 Å². The summed E-state index contributed by atoms with van der Waals surface area (Å²) in [5.41, 5.74) is 2.45. The molecule has 1 rings (SSSR count). The highest BCUT2D eigenvalue weighted by atomic mass is 16.6. The number of terminal acetylenes is 1. The van der Waals surface area contributed by atoms with Crippen LogP contribution in [0.2, 0.25) is 0 Å². The van der Waals surface area contributed by atoms with Gasteiger partial charge in [-0.2, -0.15) is 0 Å². The predicted octanol–water partition coefficient (Wildman–Crippen LogP) is 5.64. The van der Waals surface area contributed by atoms with Gasteiger partial charge in [0.1, 0.15) is 6.10 Å². The zero-order valence-corrected chi connectivity index (χ0v) is 18.9. The largest absolute Gasteiger partial charge is 0.466 e. The maximum atomic E-state index is 11.3. The summed E-state index contributed by atoms with van der Waals surface area (Å²) in [5, 5.41) is 0. The molecule has 28 heavy (non-hydrogen) atoms. The van der Waals surface area contributed by atoms with E-state index >= 15 is 0 Å². The van der Waals surface area contributed by atoms with Gasteiger partial charge < -0.3 is 14.2 Å². The molecule has 2 unspecified atom stereocenters. The summed E-state index contributed by atoms with van der Waals surface area (Å²) in [6, 6.07) is 0. The first kappa shape index (κ1) is 28.4. The van der Waals surface area contributed by atoms with E-state index in [2.05, 4.69) is 38.3 Å². The van der Waals surface area contributed by atoms with E-state index in [0.717, 1.165) is 13.0 Å². The predicted molar refractivity (Wildman–Crippen MR) is 118 cm³/mol. The molecule has 4 heteroatoms. The number of carbonyl (C=O) groups excluding carboxylic acids is 1. The van der Waals surface area contributed by atoms with Gasteiger partial charge in [-0.3, -0.25) is 4.79 Å². The first-order valence-corrected chi connectivity index (χ1v) is 10.2. The summed E-state index contributed by atoms with van der Waals surface area (Å²) in [6.45, 7) is 15.6. The third kappa shape index (κ3) is 17.6. The van der Waals surface area contributed by atoms with Gasteiger partial charge >= 0.3 is 5.97 Å². The number of ether oxygens (including phenoxy) is 3. The number of allylic oxidation sites excluding steroid dienone is 5. The average Bonchev–Trinajstić information content (AvgIpc) is 3.50. The molecule has 0 amide bonds. The van der Waals surface area contributed by atoms with Gasteiger partial charge in [-0.05, 0) is 58.6 Å². The second kappa shape index (κ2) is 19.9. The van der Waals surface area contributed by atoms with Crippen molar-refractivity contribution < 1.29 is 19.0 Å². The molecule has 0 saturated carbocycles. The van der Waals surface area contributed by atoms with Gasteiger partial charge in [0.15, 0.2) is 0 Å². The molecule has 2 atom stereocenters. The van der Waals surface area contributed by atoms with Gasteiger partial charge in [0.05, 0.1) is 25.9 Å². The normalized spacial score (nSPS) is 16.9. The van der Waals surface area contributed by atoms with Crippen molar-refractivity contribution in [3.05, 3.63) is 35.5 Å². The van der Waals surface area contributed by atoms with Crippen LogP contribution in [-0.2, 0) is 19.0 Å². The Hall–Kier alpha value is -1.83. The zero-order valence-electron chi connectivity index (χ0n) is 18.9. The second-order valence-electron chi connectivity index (χ2n) is 6.05. The number of esters is 1. The molecule has 0 aromatic rings. The Bertz CT molecular complexity index is 519. The lowest BCUT2D eigenvalue weighted by Crippen LogP contribution is -2.13. The second-order valence-corrected chi connectivity index (χ2v) is 6.05. The molecule has 1 aliphatic rings. The molecule has 1 saturated heterocycles.